The Bertz CT molecular complexity index is 369. The molecule has 1 fully saturated rings. The average Bonchev–Trinajstić information content (AvgIpc) is 2.35. The molecular formula is C15H27NO4. The van der Waals surface area contributed by atoms with Gasteiger partial charge in [-0.25, -0.2) is 9.59 Å². The van der Waals surface area contributed by atoms with Gasteiger partial charge in [-0.3, -0.25) is 4.90 Å². The number of likely N-dealkylation sites (N-methyl/N-ethyl adjacent to an activating group) is 1. The molecule has 5 heteroatoms. The lowest BCUT2D eigenvalue weighted by molar-refractivity contribution is -0.179. The van der Waals surface area contributed by atoms with Crippen LogP contribution in [0.2, 0.25) is 0 Å². The van der Waals surface area contributed by atoms with Gasteiger partial charge in [0, 0.05) is 6.04 Å². The van der Waals surface area contributed by atoms with E-state index in [0.717, 1.165) is 25.7 Å². The van der Waals surface area contributed by atoms with Gasteiger partial charge in [0.15, 0.2) is 0 Å². The van der Waals surface area contributed by atoms with Gasteiger partial charge < -0.3 is 9.84 Å². The number of hydrogen-bond acceptors (Lipinski definition) is 4. The van der Waals surface area contributed by atoms with Crippen molar-refractivity contribution in [1.82, 2.24) is 4.90 Å². The molecule has 1 atom stereocenters. The van der Waals surface area contributed by atoms with Crippen LogP contribution in [0.1, 0.15) is 59.8 Å². The number of carboxylic acids is 1. The van der Waals surface area contributed by atoms with Gasteiger partial charge in [-0.15, -0.1) is 0 Å². The van der Waals surface area contributed by atoms with Crippen LogP contribution >= 0.6 is 0 Å². The molecule has 0 aromatic rings. The van der Waals surface area contributed by atoms with Crippen LogP contribution in [0.4, 0.5) is 0 Å². The molecule has 1 aliphatic carbocycles. The van der Waals surface area contributed by atoms with E-state index >= 15 is 0 Å². The molecule has 0 saturated heterocycles. The number of carbonyl (C=O) groups is 2. The molecule has 0 amide bonds. The van der Waals surface area contributed by atoms with Gasteiger partial charge in [-0.05, 0) is 47.6 Å². The molecule has 0 aromatic heterocycles. The lowest BCUT2D eigenvalue weighted by Gasteiger charge is -2.41. The zero-order valence-corrected chi connectivity index (χ0v) is 13.2. The van der Waals surface area contributed by atoms with E-state index in [1.165, 1.54) is 13.3 Å². The van der Waals surface area contributed by atoms with E-state index in [4.69, 9.17) is 4.74 Å². The number of esters is 1. The molecule has 0 aliphatic heterocycles. The van der Waals surface area contributed by atoms with Crippen molar-refractivity contribution in [2.24, 2.45) is 0 Å². The first-order valence-corrected chi connectivity index (χ1v) is 7.29. The Balaban J connectivity index is 2.95. The summed E-state index contributed by atoms with van der Waals surface area (Å²) in [6.07, 6.45) is 5.21. The van der Waals surface area contributed by atoms with Crippen LogP contribution in [-0.4, -0.2) is 46.2 Å². The summed E-state index contributed by atoms with van der Waals surface area (Å²) in [5.74, 6) is -1.84. The van der Waals surface area contributed by atoms with Crippen LogP contribution in [0.25, 0.3) is 0 Å². The summed E-state index contributed by atoms with van der Waals surface area (Å²) in [6, 6.07) is 0.123. The van der Waals surface area contributed by atoms with Crippen molar-refractivity contribution in [1.29, 1.82) is 0 Å². The average molecular weight is 285 g/mol. The standard InChI is InChI=1S/C15H27NO4/c1-14(2,3)20-13(19)15(4,12(17)18)16(5)11-9-7-6-8-10-11/h11H,6-10H2,1-5H3,(H,17,18)/t15-/m1/s1. The SMILES string of the molecule is CN(C1CCCCC1)[C@](C)(C(=O)O)C(=O)OC(C)(C)C. The predicted molar refractivity (Wildman–Crippen MR) is 76.5 cm³/mol. The van der Waals surface area contributed by atoms with Crippen molar-refractivity contribution in [3.63, 3.8) is 0 Å². The third-order valence-electron chi connectivity index (χ3n) is 4.04. The van der Waals surface area contributed by atoms with Gasteiger partial charge in [-0.2, -0.15) is 0 Å². The third-order valence-corrected chi connectivity index (χ3v) is 4.04. The van der Waals surface area contributed by atoms with Crippen LogP contribution in [0.5, 0.6) is 0 Å². The molecule has 1 aliphatic rings. The second-order valence-corrected chi connectivity index (χ2v) is 6.78. The molecule has 1 saturated carbocycles. The second-order valence-electron chi connectivity index (χ2n) is 6.78. The van der Waals surface area contributed by atoms with Crippen molar-refractivity contribution in [3.05, 3.63) is 0 Å². The molecule has 1 N–H and O–H groups in total. The summed E-state index contributed by atoms with van der Waals surface area (Å²) < 4.78 is 5.31. The minimum Gasteiger partial charge on any atom is -0.479 e. The molecule has 0 bridgehead atoms. The summed E-state index contributed by atoms with van der Waals surface area (Å²) in [6.45, 7) is 6.67. The van der Waals surface area contributed by atoms with E-state index in [1.807, 2.05) is 0 Å². The maximum absolute atomic E-state index is 12.4. The van der Waals surface area contributed by atoms with Crippen LogP contribution in [0.15, 0.2) is 0 Å². The highest BCUT2D eigenvalue weighted by Gasteiger charge is 2.50. The number of carbonyl (C=O) groups excluding carboxylic acids is 1. The Labute approximate surface area is 121 Å². The summed E-state index contributed by atoms with van der Waals surface area (Å²) in [7, 11) is 1.72. The number of carboxylic acid groups (broad SMARTS) is 1. The van der Waals surface area contributed by atoms with Gasteiger partial charge in [0.05, 0.1) is 0 Å². The quantitative estimate of drug-likeness (QED) is 0.635. The fourth-order valence-electron chi connectivity index (χ4n) is 2.59. The van der Waals surface area contributed by atoms with E-state index in [0.29, 0.717) is 0 Å². The fraction of sp³-hybridized carbons (Fsp3) is 0.867. The van der Waals surface area contributed by atoms with Gasteiger partial charge in [-0.1, -0.05) is 19.3 Å². The smallest absolute Gasteiger partial charge is 0.338 e. The Morgan fingerprint density at radius 3 is 2.00 bits per heavy atom. The molecule has 0 radical (unpaired) electrons. The van der Waals surface area contributed by atoms with Crippen molar-refractivity contribution in [2.45, 2.75) is 77.0 Å². The van der Waals surface area contributed by atoms with E-state index in [2.05, 4.69) is 0 Å². The van der Waals surface area contributed by atoms with Gasteiger partial charge >= 0.3 is 11.9 Å². The third kappa shape index (κ3) is 3.72. The number of aliphatic carboxylic acids is 1. The maximum Gasteiger partial charge on any atom is 0.338 e. The summed E-state index contributed by atoms with van der Waals surface area (Å²) in [5.41, 5.74) is -2.32. The normalized spacial score (nSPS) is 20.5. The zero-order chi connectivity index (χ0) is 15.6. The van der Waals surface area contributed by atoms with Crippen LogP contribution in [-0.2, 0) is 14.3 Å². The number of rotatable bonds is 4. The Hall–Kier alpha value is -1.10. The van der Waals surface area contributed by atoms with Crippen LogP contribution < -0.4 is 0 Å². The minimum atomic E-state index is -1.63. The molecule has 0 unspecified atom stereocenters. The molecule has 20 heavy (non-hydrogen) atoms. The summed E-state index contributed by atoms with van der Waals surface area (Å²) in [5, 5.41) is 9.56. The topological polar surface area (TPSA) is 66.8 Å². The zero-order valence-electron chi connectivity index (χ0n) is 13.2. The highest BCUT2D eigenvalue weighted by Crippen LogP contribution is 2.29. The van der Waals surface area contributed by atoms with E-state index in [1.54, 1.807) is 32.7 Å². The van der Waals surface area contributed by atoms with E-state index < -0.39 is 23.1 Å². The molecule has 0 aromatic carbocycles. The number of nitrogens with zero attached hydrogens (tertiary/aromatic N) is 1. The molecular weight excluding hydrogens is 258 g/mol. The van der Waals surface area contributed by atoms with Gasteiger partial charge in [0.1, 0.15) is 5.60 Å². The first kappa shape index (κ1) is 17.0. The maximum atomic E-state index is 12.4. The second kappa shape index (κ2) is 6.12. The number of ether oxygens (including phenoxy) is 1. The fourth-order valence-corrected chi connectivity index (χ4v) is 2.59. The monoisotopic (exact) mass is 285 g/mol. The van der Waals surface area contributed by atoms with Gasteiger partial charge in [0.2, 0.25) is 5.54 Å². The van der Waals surface area contributed by atoms with Crippen molar-refractivity contribution >= 4 is 11.9 Å². The van der Waals surface area contributed by atoms with Crippen molar-refractivity contribution < 1.29 is 19.4 Å². The first-order chi connectivity index (χ1) is 9.09. The summed E-state index contributed by atoms with van der Waals surface area (Å²) in [4.78, 5) is 25.7. The van der Waals surface area contributed by atoms with Crippen molar-refractivity contribution in [2.75, 3.05) is 7.05 Å². The molecule has 116 valence electrons. The Morgan fingerprint density at radius 1 is 1.10 bits per heavy atom. The molecule has 1 rings (SSSR count). The van der Waals surface area contributed by atoms with Crippen LogP contribution in [0.3, 0.4) is 0 Å². The Morgan fingerprint density at radius 2 is 1.60 bits per heavy atom. The van der Waals surface area contributed by atoms with Gasteiger partial charge in [0.25, 0.3) is 0 Å². The van der Waals surface area contributed by atoms with Crippen LogP contribution in [0, 0.1) is 0 Å². The predicted octanol–water partition coefficient (Wildman–Crippen LogP) is 2.44. The first-order valence-electron chi connectivity index (χ1n) is 7.29. The lowest BCUT2D eigenvalue weighted by atomic mass is 9.89. The van der Waals surface area contributed by atoms with E-state index in [-0.39, 0.29) is 6.04 Å². The number of hydrogen-bond donors (Lipinski definition) is 1. The largest absolute Gasteiger partial charge is 0.479 e. The Kier molecular flexibility index (Phi) is 5.19. The lowest BCUT2D eigenvalue weighted by Crippen LogP contribution is -2.61. The minimum absolute atomic E-state index is 0.123. The summed E-state index contributed by atoms with van der Waals surface area (Å²) >= 11 is 0. The highest BCUT2D eigenvalue weighted by atomic mass is 16.6. The molecule has 5 nitrogen and oxygen atoms in total. The van der Waals surface area contributed by atoms with Crippen molar-refractivity contribution in [3.8, 4) is 0 Å². The molecule has 0 heterocycles. The molecule has 0 spiro atoms. The highest BCUT2D eigenvalue weighted by molar-refractivity contribution is 6.03. The van der Waals surface area contributed by atoms with E-state index in [9.17, 15) is 14.7 Å².